The Morgan fingerprint density at radius 1 is 1.17 bits per heavy atom. The van der Waals surface area contributed by atoms with Gasteiger partial charge in [0.25, 0.3) is 0 Å². The van der Waals surface area contributed by atoms with Gasteiger partial charge in [0.05, 0.1) is 5.75 Å². The predicted octanol–water partition coefficient (Wildman–Crippen LogP) is 2.30. The summed E-state index contributed by atoms with van der Waals surface area (Å²) in [7, 11) is -3.57. The Kier molecular flexibility index (Phi) is 4.50. The van der Waals surface area contributed by atoms with Crippen molar-refractivity contribution in [1.82, 2.24) is 15.1 Å². The summed E-state index contributed by atoms with van der Waals surface area (Å²) in [6.45, 7) is 5.82. The van der Waals surface area contributed by atoms with E-state index in [4.69, 9.17) is 4.42 Å². The van der Waals surface area contributed by atoms with Crippen molar-refractivity contribution in [3.05, 3.63) is 29.8 Å². The van der Waals surface area contributed by atoms with Crippen LogP contribution in [0.25, 0.3) is 11.5 Å². The number of nitrogens with zero attached hydrogens (tertiary/aromatic N) is 3. The largest absolute Gasteiger partial charge is 0.408 e. The summed E-state index contributed by atoms with van der Waals surface area (Å²) < 4.78 is 30.4. The Balaban J connectivity index is 1.76. The molecular weight excluding hydrogens is 314 g/mol. The van der Waals surface area contributed by atoms with Crippen LogP contribution in [0.5, 0.6) is 0 Å². The second-order valence-electron chi connectivity index (χ2n) is 6.11. The van der Waals surface area contributed by atoms with Crippen molar-refractivity contribution in [2.24, 2.45) is 0 Å². The third-order valence-corrected chi connectivity index (χ3v) is 5.81. The summed E-state index contributed by atoms with van der Waals surface area (Å²) in [5.74, 6) is 0.236. The van der Waals surface area contributed by atoms with Crippen molar-refractivity contribution in [3.8, 4) is 11.5 Å². The molecule has 1 aromatic carbocycles. The van der Waals surface area contributed by atoms with E-state index >= 15 is 0 Å². The van der Waals surface area contributed by atoms with Gasteiger partial charge in [-0.1, -0.05) is 22.8 Å². The first-order valence-electron chi connectivity index (χ1n) is 7.83. The molecular formula is C16H21N3O3S. The third-order valence-electron chi connectivity index (χ3n) is 4.20. The summed E-state index contributed by atoms with van der Waals surface area (Å²) in [6, 6.07) is 7.47. The maximum Gasteiger partial charge on any atom is 0.335 e. The zero-order valence-corrected chi connectivity index (χ0v) is 14.2. The van der Waals surface area contributed by atoms with Gasteiger partial charge in [-0.25, -0.2) is 8.42 Å². The quantitative estimate of drug-likeness (QED) is 0.834. The Bertz CT molecular complexity index is 762. The Labute approximate surface area is 136 Å². The van der Waals surface area contributed by atoms with E-state index in [1.807, 2.05) is 38.1 Å². The van der Waals surface area contributed by atoms with Gasteiger partial charge in [0.15, 0.2) is 0 Å². The zero-order chi connectivity index (χ0) is 16.4. The summed E-state index contributed by atoms with van der Waals surface area (Å²) in [6.07, 6.45) is 2.25. The maximum absolute atomic E-state index is 12.5. The lowest BCUT2D eigenvalue weighted by molar-refractivity contribution is 0.276. The van der Waals surface area contributed by atoms with E-state index in [9.17, 15) is 8.42 Å². The molecule has 0 radical (unpaired) electrons. The van der Waals surface area contributed by atoms with Gasteiger partial charge < -0.3 is 4.42 Å². The molecule has 2 heterocycles. The molecule has 1 saturated heterocycles. The van der Waals surface area contributed by atoms with Gasteiger partial charge in [0, 0.05) is 11.6 Å². The highest BCUT2D eigenvalue weighted by atomic mass is 32.2. The van der Waals surface area contributed by atoms with E-state index in [-0.39, 0.29) is 22.9 Å². The fourth-order valence-electron chi connectivity index (χ4n) is 2.82. The fourth-order valence-corrected chi connectivity index (χ4v) is 4.18. The highest BCUT2D eigenvalue weighted by Crippen LogP contribution is 2.22. The first-order valence-corrected chi connectivity index (χ1v) is 9.48. The van der Waals surface area contributed by atoms with Crippen molar-refractivity contribution in [3.63, 3.8) is 0 Å². The van der Waals surface area contributed by atoms with Crippen LogP contribution in [0.3, 0.4) is 0 Å². The molecule has 0 saturated carbocycles. The molecule has 2 aromatic rings. The van der Waals surface area contributed by atoms with Crippen LogP contribution in [0, 0.1) is 6.92 Å². The molecule has 0 aliphatic carbocycles. The normalized spacial score (nSPS) is 17.5. The molecule has 23 heavy (non-hydrogen) atoms. The molecule has 1 atom stereocenters. The lowest BCUT2D eigenvalue weighted by atomic mass is 10.1. The van der Waals surface area contributed by atoms with Gasteiger partial charge in [-0.2, -0.15) is 0 Å². The van der Waals surface area contributed by atoms with Gasteiger partial charge in [-0.15, -0.1) is 5.10 Å². The number of likely N-dealkylation sites (tertiary alicyclic amines) is 1. The van der Waals surface area contributed by atoms with Crippen LogP contribution in [0.4, 0.5) is 0 Å². The highest BCUT2D eigenvalue weighted by Gasteiger charge is 2.29. The standard InChI is InChI=1S/C16H21N3O3S/c1-12-5-7-14(8-6-12)15-17-18-16(22-15)23(20,21)11-13(2)19-9-3-4-10-19/h5-8,13H,3-4,9-11H2,1-2H3. The molecule has 1 aliphatic rings. The minimum absolute atomic E-state index is 0.00251. The van der Waals surface area contributed by atoms with Gasteiger partial charge >= 0.3 is 5.22 Å². The van der Waals surface area contributed by atoms with Crippen molar-refractivity contribution in [2.45, 2.75) is 38.0 Å². The lowest BCUT2D eigenvalue weighted by Gasteiger charge is -2.22. The molecule has 1 aromatic heterocycles. The van der Waals surface area contributed by atoms with E-state index in [1.165, 1.54) is 0 Å². The number of rotatable bonds is 5. The number of hydrogen-bond donors (Lipinski definition) is 0. The van der Waals surface area contributed by atoms with Crippen LogP contribution >= 0.6 is 0 Å². The number of sulfone groups is 1. The molecule has 3 rings (SSSR count). The van der Waals surface area contributed by atoms with Gasteiger partial charge in [0.1, 0.15) is 0 Å². The Hall–Kier alpha value is -1.73. The Morgan fingerprint density at radius 2 is 1.83 bits per heavy atom. The molecule has 1 fully saturated rings. The van der Waals surface area contributed by atoms with Crippen LogP contribution in [-0.4, -0.2) is 48.4 Å². The third kappa shape index (κ3) is 3.61. The van der Waals surface area contributed by atoms with Crippen LogP contribution in [-0.2, 0) is 9.84 Å². The van der Waals surface area contributed by atoms with Gasteiger partial charge in [-0.3, -0.25) is 4.90 Å². The molecule has 1 unspecified atom stereocenters. The van der Waals surface area contributed by atoms with Crippen LogP contribution in [0.1, 0.15) is 25.3 Å². The first kappa shape index (κ1) is 16.1. The van der Waals surface area contributed by atoms with Crippen molar-refractivity contribution >= 4 is 9.84 Å². The summed E-state index contributed by atoms with van der Waals surface area (Å²) in [4.78, 5) is 2.19. The number of benzene rings is 1. The number of aryl methyl sites for hydroxylation is 1. The molecule has 0 bridgehead atoms. The minimum Gasteiger partial charge on any atom is -0.408 e. The SMILES string of the molecule is Cc1ccc(-c2nnc(S(=O)(=O)CC(C)N3CCCC3)o2)cc1. The number of aromatic nitrogens is 2. The van der Waals surface area contributed by atoms with Crippen LogP contribution in [0.15, 0.2) is 33.9 Å². The zero-order valence-electron chi connectivity index (χ0n) is 13.4. The van der Waals surface area contributed by atoms with Crippen molar-refractivity contribution < 1.29 is 12.8 Å². The minimum atomic E-state index is -3.57. The molecule has 1 aliphatic heterocycles. The number of hydrogen-bond acceptors (Lipinski definition) is 6. The fraction of sp³-hybridized carbons (Fsp3) is 0.500. The van der Waals surface area contributed by atoms with Crippen molar-refractivity contribution in [2.75, 3.05) is 18.8 Å². The second-order valence-corrected chi connectivity index (χ2v) is 8.02. The smallest absolute Gasteiger partial charge is 0.335 e. The average molecular weight is 335 g/mol. The Morgan fingerprint density at radius 3 is 2.48 bits per heavy atom. The van der Waals surface area contributed by atoms with Gasteiger partial charge in [-0.05, 0) is 51.9 Å². The van der Waals surface area contributed by atoms with E-state index in [0.717, 1.165) is 37.1 Å². The maximum atomic E-state index is 12.5. The topological polar surface area (TPSA) is 76.3 Å². The predicted molar refractivity (Wildman–Crippen MR) is 86.8 cm³/mol. The van der Waals surface area contributed by atoms with Crippen molar-refractivity contribution in [1.29, 1.82) is 0 Å². The van der Waals surface area contributed by atoms with Crippen LogP contribution in [0.2, 0.25) is 0 Å². The molecule has 6 nitrogen and oxygen atoms in total. The summed E-state index contributed by atoms with van der Waals surface area (Å²) >= 11 is 0. The molecule has 0 spiro atoms. The molecule has 0 N–H and O–H groups in total. The molecule has 0 amide bonds. The average Bonchev–Trinajstić information content (AvgIpc) is 3.20. The van der Waals surface area contributed by atoms with Crippen LogP contribution < -0.4 is 0 Å². The summed E-state index contributed by atoms with van der Waals surface area (Å²) in [5, 5.41) is 7.33. The van der Waals surface area contributed by atoms with E-state index in [2.05, 4.69) is 15.1 Å². The molecule has 124 valence electrons. The monoisotopic (exact) mass is 335 g/mol. The van der Waals surface area contributed by atoms with E-state index in [0.29, 0.717) is 0 Å². The second kappa shape index (κ2) is 6.41. The summed E-state index contributed by atoms with van der Waals surface area (Å²) in [5.41, 5.74) is 1.83. The molecule has 7 heteroatoms. The lowest BCUT2D eigenvalue weighted by Crippen LogP contribution is -2.35. The van der Waals surface area contributed by atoms with E-state index < -0.39 is 9.84 Å². The van der Waals surface area contributed by atoms with E-state index in [1.54, 1.807) is 0 Å². The van der Waals surface area contributed by atoms with Gasteiger partial charge in [0.2, 0.25) is 15.7 Å². The highest BCUT2D eigenvalue weighted by molar-refractivity contribution is 7.91. The first-order chi connectivity index (χ1) is 11.0.